The number of aliphatic imine (C=N–C) groups is 1. The van der Waals surface area contributed by atoms with Crippen molar-refractivity contribution in [3.8, 4) is 0 Å². The molecule has 0 amide bonds. The van der Waals surface area contributed by atoms with Gasteiger partial charge < -0.3 is 20.7 Å². The number of carbonyl (C=O) groups excluding carboxylic acids is 1. The number of carbonyl (C=O) groups is 1. The first-order valence-electron chi connectivity index (χ1n) is 6.41. The molecular formula is C15H22N4O. The Morgan fingerprint density at radius 3 is 2.75 bits per heavy atom. The first-order valence-corrected chi connectivity index (χ1v) is 6.41. The Hall–Kier alpha value is -2.30. The average Bonchev–Trinajstić information content (AvgIpc) is 2.45. The second kappa shape index (κ2) is 7.33. The summed E-state index contributed by atoms with van der Waals surface area (Å²) in [6.45, 7) is 3.77. The number of aldehydes is 1. The van der Waals surface area contributed by atoms with Gasteiger partial charge in [-0.25, -0.2) is 4.99 Å². The molecule has 0 aliphatic rings. The fraction of sp³-hybridized carbons (Fsp3) is 0.333. The zero-order valence-corrected chi connectivity index (χ0v) is 12.3. The van der Waals surface area contributed by atoms with Crippen molar-refractivity contribution < 1.29 is 4.79 Å². The number of anilines is 1. The van der Waals surface area contributed by atoms with Gasteiger partial charge in [0.25, 0.3) is 0 Å². The molecule has 0 fully saturated rings. The van der Waals surface area contributed by atoms with Gasteiger partial charge in [0, 0.05) is 33.3 Å². The molecule has 0 heterocycles. The topological polar surface area (TPSA) is 70.7 Å². The summed E-state index contributed by atoms with van der Waals surface area (Å²) in [5.74, 6) is 0.399. The normalized spacial score (nSPS) is 12.7. The number of hydrogen-bond donors (Lipinski definition) is 2. The molecule has 3 N–H and O–H groups in total. The van der Waals surface area contributed by atoms with Crippen LogP contribution in [0, 0.1) is 0 Å². The molecule has 20 heavy (non-hydrogen) atoms. The van der Waals surface area contributed by atoms with E-state index in [1.807, 2.05) is 39.3 Å². The van der Waals surface area contributed by atoms with Gasteiger partial charge in [0.1, 0.15) is 6.29 Å². The predicted octanol–water partition coefficient (Wildman–Crippen LogP) is 1.88. The van der Waals surface area contributed by atoms with Crippen LogP contribution in [-0.2, 0) is 4.79 Å². The first kappa shape index (κ1) is 15.8. The van der Waals surface area contributed by atoms with Crippen LogP contribution in [0.2, 0.25) is 0 Å². The first-order chi connectivity index (χ1) is 9.53. The van der Waals surface area contributed by atoms with Crippen molar-refractivity contribution >= 4 is 24.0 Å². The Morgan fingerprint density at radius 2 is 2.25 bits per heavy atom. The lowest BCUT2D eigenvalue weighted by atomic mass is 10.0. The summed E-state index contributed by atoms with van der Waals surface area (Å²) >= 11 is 0. The molecule has 5 nitrogen and oxygen atoms in total. The Labute approximate surface area is 120 Å². The number of nitrogens with two attached hydrogens (primary N) is 1. The van der Waals surface area contributed by atoms with Crippen molar-refractivity contribution in [3.63, 3.8) is 0 Å². The second-order valence-corrected chi connectivity index (χ2v) is 4.60. The number of nitrogens with zero attached hydrogens (tertiary/aromatic N) is 2. The zero-order chi connectivity index (χ0) is 15.1. The molecule has 1 unspecified atom stereocenters. The van der Waals surface area contributed by atoms with Crippen molar-refractivity contribution in [1.29, 1.82) is 0 Å². The van der Waals surface area contributed by atoms with Gasteiger partial charge >= 0.3 is 0 Å². The molecule has 0 saturated carbocycles. The van der Waals surface area contributed by atoms with Crippen LogP contribution in [0.25, 0.3) is 6.08 Å². The maximum absolute atomic E-state index is 10.9. The molecule has 0 aliphatic carbocycles. The summed E-state index contributed by atoms with van der Waals surface area (Å²) in [7, 11) is 5.48. The van der Waals surface area contributed by atoms with Crippen LogP contribution in [0.3, 0.4) is 0 Å². The number of nitrogens with one attached hydrogen (secondary N) is 1. The lowest BCUT2D eigenvalue weighted by Gasteiger charge is -2.17. The monoisotopic (exact) mass is 274 g/mol. The quantitative estimate of drug-likeness (QED) is 0.472. The molecule has 0 aromatic heterocycles. The average molecular weight is 274 g/mol. The molecule has 0 bridgehead atoms. The highest BCUT2D eigenvalue weighted by Crippen LogP contribution is 2.26. The van der Waals surface area contributed by atoms with E-state index in [2.05, 4.69) is 16.9 Å². The van der Waals surface area contributed by atoms with Crippen LogP contribution < -0.4 is 11.1 Å². The van der Waals surface area contributed by atoms with Crippen molar-refractivity contribution in [1.82, 2.24) is 4.90 Å². The van der Waals surface area contributed by atoms with Crippen molar-refractivity contribution in [2.45, 2.75) is 12.5 Å². The van der Waals surface area contributed by atoms with Crippen molar-refractivity contribution in [2.75, 3.05) is 26.5 Å². The second-order valence-electron chi connectivity index (χ2n) is 4.60. The predicted molar refractivity (Wildman–Crippen MR) is 84.8 cm³/mol. The molecule has 1 rings (SSSR count). The molecule has 5 heteroatoms. The highest BCUT2D eigenvalue weighted by Gasteiger charge is 2.12. The zero-order valence-electron chi connectivity index (χ0n) is 12.3. The molecule has 0 saturated heterocycles. The number of guanidine groups is 1. The smallest absolute Gasteiger partial charge is 0.191 e. The maximum atomic E-state index is 10.9. The van der Waals surface area contributed by atoms with E-state index in [-0.39, 0.29) is 6.04 Å². The van der Waals surface area contributed by atoms with E-state index in [1.165, 1.54) is 0 Å². The number of benzene rings is 1. The standard InChI is InChI=1S/C15H22N4O/c1-5-11-6-7-12(10-14(11)17-2)13(8-9-20)18-15(16)19(3)4/h5-7,9-10,13,17H,1,8H2,2-4H3,(H2,16,18). The highest BCUT2D eigenvalue weighted by molar-refractivity contribution is 5.78. The molecule has 0 spiro atoms. The third-order valence-electron chi connectivity index (χ3n) is 3.02. The fourth-order valence-corrected chi connectivity index (χ4v) is 1.81. The molecular weight excluding hydrogens is 252 g/mol. The third-order valence-corrected chi connectivity index (χ3v) is 3.02. The lowest BCUT2D eigenvalue weighted by Crippen LogP contribution is -2.31. The third kappa shape index (κ3) is 3.85. The summed E-state index contributed by atoms with van der Waals surface area (Å²) in [5, 5.41) is 3.11. The van der Waals surface area contributed by atoms with E-state index >= 15 is 0 Å². The lowest BCUT2D eigenvalue weighted by molar-refractivity contribution is -0.108. The van der Waals surface area contributed by atoms with Gasteiger partial charge in [0.2, 0.25) is 0 Å². The summed E-state index contributed by atoms with van der Waals surface area (Å²) in [4.78, 5) is 17.0. The fourth-order valence-electron chi connectivity index (χ4n) is 1.81. The van der Waals surface area contributed by atoms with Gasteiger partial charge in [0.15, 0.2) is 5.96 Å². The Kier molecular flexibility index (Phi) is 5.77. The van der Waals surface area contributed by atoms with Crippen LogP contribution >= 0.6 is 0 Å². The van der Waals surface area contributed by atoms with E-state index in [0.717, 1.165) is 23.1 Å². The summed E-state index contributed by atoms with van der Waals surface area (Å²) in [6.07, 6.45) is 2.94. The van der Waals surface area contributed by atoms with E-state index in [1.54, 1.807) is 11.0 Å². The summed E-state index contributed by atoms with van der Waals surface area (Å²) in [5.41, 5.74) is 8.74. The van der Waals surface area contributed by atoms with Gasteiger partial charge in [-0.15, -0.1) is 0 Å². The van der Waals surface area contributed by atoms with E-state index in [0.29, 0.717) is 12.4 Å². The van der Waals surface area contributed by atoms with Crippen LogP contribution in [0.1, 0.15) is 23.6 Å². The molecule has 0 radical (unpaired) electrons. The van der Waals surface area contributed by atoms with Gasteiger partial charge in [-0.1, -0.05) is 24.8 Å². The van der Waals surface area contributed by atoms with Gasteiger partial charge in [-0.05, 0) is 17.2 Å². The Morgan fingerprint density at radius 1 is 1.55 bits per heavy atom. The Bertz CT molecular complexity index is 509. The van der Waals surface area contributed by atoms with Crippen LogP contribution in [0.4, 0.5) is 5.69 Å². The Balaban J connectivity index is 3.18. The SMILES string of the molecule is C=Cc1ccc(C(CC=O)N=C(N)N(C)C)cc1NC. The van der Waals surface area contributed by atoms with Crippen molar-refractivity contribution in [3.05, 3.63) is 35.9 Å². The largest absolute Gasteiger partial charge is 0.388 e. The van der Waals surface area contributed by atoms with E-state index < -0.39 is 0 Å². The van der Waals surface area contributed by atoms with Crippen LogP contribution in [0.5, 0.6) is 0 Å². The molecule has 108 valence electrons. The highest BCUT2D eigenvalue weighted by atomic mass is 16.1. The number of rotatable bonds is 6. The van der Waals surface area contributed by atoms with Crippen LogP contribution in [-0.4, -0.2) is 38.3 Å². The van der Waals surface area contributed by atoms with Crippen LogP contribution in [0.15, 0.2) is 29.8 Å². The van der Waals surface area contributed by atoms with Gasteiger partial charge in [0.05, 0.1) is 6.04 Å². The van der Waals surface area contributed by atoms with E-state index in [9.17, 15) is 4.79 Å². The summed E-state index contributed by atoms with van der Waals surface area (Å²) < 4.78 is 0. The number of hydrogen-bond acceptors (Lipinski definition) is 3. The van der Waals surface area contributed by atoms with Gasteiger partial charge in [-0.2, -0.15) is 0 Å². The molecule has 1 aromatic carbocycles. The summed E-state index contributed by atoms with van der Waals surface area (Å²) in [6, 6.07) is 5.59. The van der Waals surface area contributed by atoms with E-state index in [4.69, 9.17) is 5.73 Å². The minimum atomic E-state index is -0.277. The molecule has 0 aliphatic heterocycles. The molecule has 1 aromatic rings. The molecule has 1 atom stereocenters. The van der Waals surface area contributed by atoms with Gasteiger partial charge in [-0.3, -0.25) is 0 Å². The maximum Gasteiger partial charge on any atom is 0.191 e. The van der Waals surface area contributed by atoms with Crippen molar-refractivity contribution in [2.24, 2.45) is 10.7 Å². The minimum absolute atomic E-state index is 0.277. The minimum Gasteiger partial charge on any atom is -0.388 e.